The predicted octanol–water partition coefficient (Wildman–Crippen LogP) is 3.63. The van der Waals surface area contributed by atoms with Crippen LogP contribution >= 0.6 is 0 Å². The van der Waals surface area contributed by atoms with Crippen LogP contribution in [0.1, 0.15) is 44.4 Å². The maximum atomic E-state index is 11.9. The molecule has 1 aliphatic heterocycles. The summed E-state index contributed by atoms with van der Waals surface area (Å²) >= 11 is 0. The van der Waals surface area contributed by atoms with E-state index in [9.17, 15) is 4.79 Å². The number of anilines is 1. The van der Waals surface area contributed by atoms with E-state index < -0.39 is 0 Å². The highest BCUT2D eigenvalue weighted by atomic mass is 16.8. The highest BCUT2D eigenvalue weighted by Gasteiger charge is 2.17. The summed E-state index contributed by atoms with van der Waals surface area (Å²) in [6.07, 6.45) is 8.77. The molecule has 8 nitrogen and oxygen atoms in total. The summed E-state index contributed by atoms with van der Waals surface area (Å²) in [5.74, 6) is 0.761. The lowest BCUT2D eigenvalue weighted by atomic mass is 10.0. The van der Waals surface area contributed by atoms with E-state index in [0.717, 1.165) is 32.4 Å². The summed E-state index contributed by atoms with van der Waals surface area (Å²) in [5.41, 5.74) is 4.27. The molecule has 2 aromatic rings. The van der Waals surface area contributed by atoms with E-state index in [4.69, 9.17) is 9.57 Å². The highest BCUT2D eigenvalue weighted by Crippen LogP contribution is 2.14. The van der Waals surface area contributed by atoms with E-state index in [1.165, 1.54) is 11.6 Å². The van der Waals surface area contributed by atoms with Crippen LogP contribution in [-0.4, -0.2) is 53.3 Å². The van der Waals surface area contributed by atoms with Crippen LogP contribution in [0.5, 0.6) is 0 Å². The summed E-state index contributed by atoms with van der Waals surface area (Å²) in [7, 11) is 2.12. The largest absolute Gasteiger partial charge is 0.365 e. The van der Waals surface area contributed by atoms with Crippen LogP contribution in [0.2, 0.25) is 0 Å². The zero-order valence-corrected chi connectivity index (χ0v) is 19.7. The molecule has 1 amide bonds. The van der Waals surface area contributed by atoms with Gasteiger partial charge in [-0.15, -0.1) is 0 Å². The Morgan fingerprint density at radius 1 is 1.24 bits per heavy atom. The zero-order chi connectivity index (χ0) is 23.5. The van der Waals surface area contributed by atoms with Gasteiger partial charge in [-0.25, -0.2) is 15.3 Å². The van der Waals surface area contributed by atoms with Crippen molar-refractivity contribution >= 4 is 17.8 Å². The van der Waals surface area contributed by atoms with Crippen molar-refractivity contribution in [3.05, 3.63) is 60.1 Å². The average molecular weight is 454 g/mol. The van der Waals surface area contributed by atoms with Crippen molar-refractivity contribution in [1.29, 1.82) is 0 Å². The number of hydrogen-bond donors (Lipinski definition) is 2. The molecule has 2 heterocycles. The van der Waals surface area contributed by atoms with Crippen molar-refractivity contribution in [2.75, 3.05) is 25.5 Å². The first-order valence-electron chi connectivity index (χ1n) is 11.6. The third-order valence-corrected chi connectivity index (χ3v) is 5.45. The molecule has 33 heavy (non-hydrogen) atoms. The lowest BCUT2D eigenvalue weighted by Crippen LogP contribution is -2.38. The van der Waals surface area contributed by atoms with Crippen LogP contribution in [0.15, 0.2) is 48.8 Å². The first kappa shape index (κ1) is 24.8. The number of hydroxylamine groups is 1. The van der Waals surface area contributed by atoms with Gasteiger partial charge in [0.05, 0.1) is 18.1 Å². The number of nitrogens with one attached hydrogen (secondary N) is 2. The number of carbonyl (C=O) groups is 1. The Bertz CT molecular complexity index is 867. The van der Waals surface area contributed by atoms with E-state index in [1.54, 1.807) is 18.5 Å². The Morgan fingerprint density at radius 2 is 2.06 bits per heavy atom. The zero-order valence-electron chi connectivity index (χ0n) is 19.7. The number of ether oxygens (including phenoxy) is 1. The molecule has 0 bridgehead atoms. The summed E-state index contributed by atoms with van der Waals surface area (Å²) in [4.78, 5) is 28.4. The second kappa shape index (κ2) is 13.0. The van der Waals surface area contributed by atoms with Gasteiger partial charge in [0.25, 0.3) is 5.91 Å². The van der Waals surface area contributed by atoms with Crippen LogP contribution in [0.3, 0.4) is 0 Å². The molecule has 2 atom stereocenters. The Kier molecular flexibility index (Phi) is 9.80. The van der Waals surface area contributed by atoms with E-state index in [2.05, 4.69) is 70.8 Å². The Hall–Kier alpha value is -2.81. The second-order valence-corrected chi connectivity index (χ2v) is 8.72. The second-order valence-electron chi connectivity index (χ2n) is 8.72. The number of rotatable bonds is 11. The molecule has 178 valence electrons. The number of hydrogen-bond acceptors (Lipinski definition) is 7. The molecule has 1 saturated heterocycles. The normalized spacial score (nSPS) is 17.4. The quantitative estimate of drug-likeness (QED) is 0.397. The van der Waals surface area contributed by atoms with Crippen molar-refractivity contribution in [2.24, 2.45) is 5.92 Å². The minimum Gasteiger partial charge on any atom is -0.365 e. The van der Waals surface area contributed by atoms with Gasteiger partial charge in [-0.3, -0.25) is 9.78 Å². The fraction of sp³-hybridized carbons (Fsp3) is 0.480. The van der Waals surface area contributed by atoms with Gasteiger partial charge in [0.15, 0.2) is 6.29 Å². The number of likely N-dealkylation sites (N-methyl/N-ethyl adjacent to an activating group) is 1. The van der Waals surface area contributed by atoms with Crippen molar-refractivity contribution in [3.8, 4) is 0 Å². The topological polar surface area (TPSA) is 88.6 Å². The average Bonchev–Trinajstić information content (AvgIpc) is 2.83. The maximum absolute atomic E-state index is 11.9. The van der Waals surface area contributed by atoms with Gasteiger partial charge < -0.3 is 15.0 Å². The predicted molar refractivity (Wildman–Crippen MR) is 129 cm³/mol. The molecule has 3 rings (SSSR count). The Balaban J connectivity index is 1.47. The fourth-order valence-electron chi connectivity index (χ4n) is 3.53. The Labute approximate surface area is 196 Å². The van der Waals surface area contributed by atoms with Gasteiger partial charge in [-0.1, -0.05) is 44.2 Å². The molecule has 0 spiro atoms. The monoisotopic (exact) mass is 453 g/mol. The van der Waals surface area contributed by atoms with Crippen molar-refractivity contribution < 1.29 is 14.4 Å². The first-order valence-corrected chi connectivity index (χ1v) is 11.6. The molecule has 2 N–H and O–H groups in total. The number of amides is 1. The maximum Gasteiger partial charge on any atom is 0.267 e. The van der Waals surface area contributed by atoms with Crippen LogP contribution in [0.25, 0.3) is 6.08 Å². The van der Waals surface area contributed by atoms with Crippen molar-refractivity contribution in [3.63, 3.8) is 0 Å². The van der Waals surface area contributed by atoms with E-state index in [-0.39, 0.29) is 18.2 Å². The van der Waals surface area contributed by atoms with Gasteiger partial charge in [-0.2, -0.15) is 0 Å². The lowest BCUT2D eigenvalue weighted by molar-refractivity contribution is -0.198. The van der Waals surface area contributed by atoms with Gasteiger partial charge in [0.2, 0.25) is 0 Å². The summed E-state index contributed by atoms with van der Waals surface area (Å²) < 4.78 is 5.41. The van der Waals surface area contributed by atoms with E-state index >= 15 is 0 Å². The molecule has 8 heteroatoms. The summed E-state index contributed by atoms with van der Waals surface area (Å²) in [5, 5.41) is 3.49. The van der Waals surface area contributed by atoms with Gasteiger partial charge in [0.1, 0.15) is 5.82 Å². The van der Waals surface area contributed by atoms with Crippen molar-refractivity contribution in [1.82, 2.24) is 20.3 Å². The first-order chi connectivity index (χ1) is 16.0. The smallest absolute Gasteiger partial charge is 0.267 e. The molecule has 1 aromatic heterocycles. The van der Waals surface area contributed by atoms with Gasteiger partial charge >= 0.3 is 0 Å². The van der Waals surface area contributed by atoms with E-state index in [1.807, 2.05) is 6.07 Å². The molecule has 0 saturated carbocycles. The van der Waals surface area contributed by atoms with Crippen LogP contribution in [0.4, 0.5) is 5.82 Å². The molecule has 1 fully saturated rings. The minimum atomic E-state index is -0.373. The van der Waals surface area contributed by atoms with Gasteiger partial charge in [0, 0.05) is 38.2 Å². The number of benzene rings is 1. The fourth-order valence-corrected chi connectivity index (χ4v) is 3.53. The van der Waals surface area contributed by atoms with Crippen LogP contribution < -0.4 is 10.8 Å². The molecule has 0 aliphatic carbocycles. The molecular formula is C25H35N5O3. The molecule has 0 radical (unpaired) electrons. The minimum absolute atomic E-state index is 0.222. The number of carbonyl (C=O) groups excluding carboxylic acids is 1. The number of aromatic nitrogens is 2. The van der Waals surface area contributed by atoms with Crippen LogP contribution in [0, 0.1) is 5.92 Å². The SMILES string of the molecule is CC(C)[C@H](CN(C)Cc1ccccc1)Nc1cnc(C=CC(=O)NOC2CCCCO2)cn1. The third-order valence-electron chi connectivity index (χ3n) is 5.45. The molecule has 1 unspecified atom stereocenters. The summed E-state index contributed by atoms with van der Waals surface area (Å²) in [6.45, 7) is 6.81. The lowest BCUT2D eigenvalue weighted by Gasteiger charge is -2.28. The third kappa shape index (κ3) is 8.92. The van der Waals surface area contributed by atoms with Crippen molar-refractivity contribution in [2.45, 2.75) is 52.0 Å². The highest BCUT2D eigenvalue weighted by molar-refractivity contribution is 5.90. The number of nitrogens with zero attached hydrogens (tertiary/aromatic N) is 3. The standard InChI is InChI=1S/C25H35N5O3/c1-19(2)22(18-30(3)17-20-9-5-4-6-10-20)28-23-16-26-21(15-27-23)12-13-24(31)29-33-25-11-7-8-14-32-25/h4-6,9-10,12-13,15-16,19,22,25H,7-8,11,14,17-18H2,1-3H3,(H,27,28)(H,29,31)/t22-,25?/m0/s1. The molecular weight excluding hydrogens is 418 g/mol. The Morgan fingerprint density at radius 3 is 2.73 bits per heavy atom. The van der Waals surface area contributed by atoms with Crippen LogP contribution in [-0.2, 0) is 20.9 Å². The molecule has 1 aliphatic rings. The van der Waals surface area contributed by atoms with E-state index in [0.29, 0.717) is 24.0 Å². The van der Waals surface area contributed by atoms with Gasteiger partial charge in [-0.05, 0) is 37.4 Å². The summed E-state index contributed by atoms with van der Waals surface area (Å²) in [6, 6.07) is 10.7. The molecule has 1 aromatic carbocycles.